The number of nitrogens with one attached hydrogen (secondary N) is 3. The van der Waals surface area contributed by atoms with Crippen molar-refractivity contribution in [2.24, 2.45) is 5.92 Å². The Morgan fingerprint density at radius 2 is 1.63 bits per heavy atom. The Labute approximate surface area is 288 Å². The Kier molecular flexibility index (Phi) is 12.5. The molecule has 5 rings (SSSR count). The third-order valence-electron chi connectivity index (χ3n) is 10.2. The predicted molar refractivity (Wildman–Crippen MR) is 188 cm³/mol. The van der Waals surface area contributed by atoms with Gasteiger partial charge in [0.1, 0.15) is 25.4 Å². The molecule has 2 unspecified atom stereocenters. The summed E-state index contributed by atoms with van der Waals surface area (Å²) in [4.78, 5) is 62.0. The monoisotopic (exact) mass is 673 g/mol. The molecule has 2 saturated heterocycles. The van der Waals surface area contributed by atoms with E-state index in [1.54, 1.807) is 16.7 Å². The molecular weight excluding hydrogens is 622 g/mol. The van der Waals surface area contributed by atoms with Gasteiger partial charge in [0.2, 0.25) is 17.7 Å². The Morgan fingerprint density at radius 1 is 0.918 bits per heavy atom. The summed E-state index contributed by atoms with van der Waals surface area (Å²) in [6.07, 6.45) is 6.50. The van der Waals surface area contributed by atoms with Crippen molar-refractivity contribution in [1.29, 1.82) is 0 Å². The van der Waals surface area contributed by atoms with Crippen molar-refractivity contribution in [2.45, 2.75) is 108 Å². The minimum atomic E-state index is -1.08. The lowest BCUT2D eigenvalue weighted by Gasteiger charge is -2.43. The Morgan fingerprint density at radius 3 is 2.39 bits per heavy atom. The maximum absolute atomic E-state index is 14.2. The highest BCUT2D eigenvalue weighted by Crippen LogP contribution is 2.26. The number of carbonyl (C=O) groups excluding carboxylic acids is 4. The lowest BCUT2D eigenvalue weighted by Crippen LogP contribution is -2.65. The number of hydrogen-bond acceptors (Lipinski definition) is 7. The SMILES string of the molecule is CCC(C)[C@@H]1NC(=O)[C@H](Cc2cn(OC)c3ccccc23)NC(=O)[C@H](CCCCCC(=O)c2ccccc2)NC(=O)[C@H]2CCCCN2C1O. The van der Waals surface area contributed by atoms with E-state index in [4.69, 9.17) is 4.84 Å². The van der Waals surface area contributed by atoms with Crippen molar-refractivity contribution in [3.05, 3.63) is 71.9 Å². The summed E-state index contributed by atoms with van der Waals surface area (Å²) in [7, 11) is 1.57. The first kappa shape index (κ1) is 36.1. The molecule has 6 atom stereocenters. The second-order valence-corrected chi connectivity index (χ2v) is 13.5. The Hall–Kier alpha value is -4.22. The van der Waals surface area contributed by atoms with Crippen LogP contribution in [0.25, 0.3) is 10.9 Å². The first-order valence-electron chi connectivity index (χ1n) is 17.8. The molecule has 2 aliphatic heterocycles. The van der Waals surface area contributed by atoms with Crippen molar-refractivity contribution in [3.8, 4) is 0 Å². The summed E-state index contributed by atoms with van der Waals surface area (Å²) in [5.41, 5.74) is 2.33. The highest BCUT2D eigenvalue weighted by Gasteiger charge is 2.41. The third kappa shape index (κ3) is 8.69. The topological polar surface area (TPSA) is 142 Å². The molecule has 2 fully saturated rings. The van der Waals surface area contributed by atoms with Gasteiger partial charge in [0.25, 0.3) is 0 Å². The van der Waals surface area contributed by atoms with Crippen molar-refractivity contribution in [3.63, 3.8) is 0 Å². The van der Waals surface area contributed by atoms with Gasteiger partial charge >= 0.3 is 0 Å². The molecule has 3 aromatic rings. The van der Waals surface area contributed by atoms with Crippen molar-refractivity contribution in [1.82, 2.24) is 25.6 Å². The standard InChI is InChI=1S/C38H51N5O6/c1-4-25(2)34-38(48)42-22-14-13-20-32(42)37(47)39-29(18-9-6-10-21-33(44)26-15-7-5-8-16-26)35(45)40-30(36(46)41-34)23-27-24-43(49-3)31-19-12-11-17-28(27)31/h5,7-8,11-12,15-17,19,24-25,29-30,32,34,38,48H,4,6,9-10,13-14,18,20-23H2,1-3H3,(H,39,47)(H,40,45)(H,41,46)/t25?,29-,30-,32+,34-,38?/m0/s1. The Balaban J connectivity index is 1.39. The van der Waals surface area contributed by atoms with E-state index in [1.807, 2.05) is 74.6 Å². The number of rotatable bonds is 12. The number of aromatic nitrogens is 1. The second-order valence-electron chi connectivity index (χ2n) is 13.5. The van der Waals surface area contributed by atoms with Crippen LogP contribution in [0.1, 0.15) is 87.6 Å². The number of amides is 3. The fraction of sp³-hybridized carbons (Fsp3) is 0.526. The van der Waals surface area contributed by atoms with Gasteiger partial charge in [-0.25, -0.2) is 0 Å². The molecule has 0 radical (unpaired) electrons. The van der Waals surface area contributed by atoms with Gasteiger partial charge in [-0.05, 0) is 43.2 Å². The van der Waals surface area contributed by atoms with Crippen LogP contribution in [-0.2, 0) is 20.8 Å². The highest BCUT2D eigenvalue weighted by atomic mass is 16.6. The van der Waals surface area contributed by atoms with E-state index in [0.29, 0.717) is 57.1 Å². The van der Waals surface area contributed by atoms with Crippen LogP contribution in [0, 0.1) is 5.92 Å². The van der Waals surface area contributed by atoms with Crippen LogP contribution in [0.4, 0.5) is 0 Å². The van der Waals surface area contributed by atoms with Gasteiger partial charge in [0, 0.05) is 36.5 Å². The number of nitrogens with zero attached hydrogens (tertiary/aromatic N) is 2. The van der Waals surface area contributed by atoms with Gasteiger partial charge in [-0.2, -0.15) is 4.73 Å². The molecular formula is C38H51N5O6. The van der Waals surface area contributed by atoms with E-state index in [-0.39, 0.29) is 24.0 Å². The van der Waals surface area contributed by atoms with E-state index in [1.165, 1.54) is 0 Å². The number of fused-ring (bicyclic) bond motifs is 2. The van der Waals surface area contributed by atoms with E-state index in [9.17, 15) is 24.3 Å². The highest BCUT2D eigenvalue weighted by molar-refractivity contribution is 5.96. The van der Waals surface area contributed by atoms with E-state index < -0.39 is 42.2 Å². The first-order chi connectivity index (χ1) is 23.7. The minimum absolute atomic E-state index is 0.0768. The van der Waals surface area contributed by atoms with E-state index in [0.717, 1.165) is 29.3 Å². The zero-order valence-corrected chi connectivity index (χ0v) is 28.9. The van der Waals surface area contributed by atoms with Crippen LogP contribution in [0.2, 0.25) is 0 Å². The summed E-state index contributed by atoms with van der Waals surface area (Å²) in [6, 6.07) is 13.7. The molecule has 49 heavy (non-hydrogen) atoms. The van der Waals surface area contributed by atoms with E-state index >= 15 is 0 Å². The van der Waals surface area contributed by atoms with Crippen LogP contribution in [0.3, 0.4) is 0 Å². The van der Waals surface area contributed by atoms with Crippen molar-refractivity contribution >= 4 is 34.4 Å². The largest absolute Gasteiger partial charge is 0.417 e. The van der Waals surface area contributed by atoms with Crippen molar-refractivity contribution in [2.75, 3.05) is 13.7 Å². The normalized spacial score (nSPS) is 24.5. The van der Waals surface area contributed by atoms with Gasteiger partial charge in [-0.15, -0.1) is 0 Å². The van der Waals surface area contributed by atoms with Crippen LogP contribution in [0.15, 0.2) is 60.8 Å². The molecule has 0 bridgehead atoms. The van der Waals surface area contributed by atoms with Gasteiger partial charge in [0.05, 0.1) is 17.6 Å². The Bertz CT molecular complexity index is 1590. The number of para-hydroxylation sites is 1. The van der Waals surface area contributed by atoms with Crippen LogP contribution in [0.5, 0.6) is 0 Å². The molecule has 3 amide bonds. The van der Waals surface area contributed by atoms with Gasteiger partial charge < -0.3 is 25.9 Å². The molecule has 3 heterocycles. The van der Waals surface area contributed by atoms with Crippen LogP contribution >= 0.6 is 0 Å². The smallest absolute Gasteiger partial charge is 0.243 e. The van der Waals surface area contributed by atoms with Gasteiger partial charge in [0.15, 0.2) is 5.78 Å². The summed E-state index contributed by atoms with van der Waals surface area (Å²) in [6.45, 7) is 4.48. The number of benzene rings is 2. The molecule has 4 N–H and O–H groups in total. The number of Topliss-reactive ketones (excluding diaryl/α,β-unsaturated/α-hetero) is 1. The molecule has 1 aromatic heterocycles. The fourth-order valence-electron chi connectivity index (χ4n) is 7.14. The molecule has 2 aromatic carbocycles. The summed E-state index contributed by atoms with van der Waals surface area (Å²) in [5, 5.41) is 21.7. The molecule has 11 heteroatoms. The van der Waals surface area contributed by atoms with Crippen molar-refractivity contribution < 1.29 is 29.1 Å². The number of carbonyl (C=O) groups is 4. The molecule has 264 valence electrons. The zero-order chi connectivity index (χ0) is 34.9. The fourth-order valence-corrected chi connectivity index (χ4v) is 7.14. The average Bonchev–Trinajstić information content (AvgIpc) is 3.49. The van der Waals surface area contributed by atoms with Gasteiger partial charge in [-0.1, -0.05) is 88.1 Å². The van der Waals surface area contributed by atoms with Crippen LogP contribution in [-0.4, -0.2) is 82.3 Å². The summed E-state index contributed by atoms with van der Waals surface area (Å²) >= 11 is 0. The summed E-state index contributed by atoms with van der Waals surface area (Å²) in [5.74, 6) is -1.15. The molecule has 0 aliphatic carbocycles. The number of aliphatic hydroxyl groups is 1. The number of ketones is 1. The maximum atomic E-state index is 14.2. The van der Waals surface area contributed by atoms with E-state index in [2.05, 4.69) is 16.0 Å². The number of hydrogen-bond donors (Lipinski definition) is 4. The number of unbranched alkanes of at least 4 members (excludes halogenated alkanes) is 2. The molecule has 0 spiro atoms. The number of aliphatic hydroxyl groups excluding tert-OH is 1. The lowest BCUT2D eigenvalue weighted by molar-refractivity contribution is -0.144. The summed E-state index contributed by atoms with van der Waals surface area (Å²) < 4.78 is 1.63. The zero-order valence-electron chi connectivity index (χ0n) is 28.9. The number of piperidine rings is 1. The third-order valence-corrected chi connectivity index (χ3v) is 10.2. The van der Waals surface area contributed by atoms with Crippen LogP contribution < -0.4 is 20.8 Å². The second kappa shape index (κ2) is 16.9. The molecule has 0 saturated carbocycles. The molecule has 2 aliphatic rings. The average molecular weight is 674 g/mol. The maximum Gasteiger partial charge on any atom is 0.243 e. The minimum Gasteiger partial charge on any atom is -0.417 e. The predicted octanol–water partition coefficient (Wildman–Crippen LogP) is 3.76. The quantitative estimate of drug-likeness (QED) is 0.170. The first-order valence-corrected chi connectivity index (χ1v) is 17.8. The molecule has 11 nitrogen and oxygen atoms in total. The van der Waals surface area contributed by atoms with Gasteiger partial charge in [-0.3, -0.25) is 24.1 Å². The lowest BCUT2D eigenvalue weighted by atomic mass is 9.92.